The molecule has 4 heterocycles. The first kappa shape index (κ1) is 19.2. The van der Waals surface area contributed by atoms with Crippen molar-refractivity contribution in [3.63, 3.8) is 0 Å². The fraction of sp³-hybridized carbons (Fsp3) is 0.261. The highest BCUT2D eigenvalue weighted by molar-refractivity contribution is 5.98. The Morgan fingerprint density at radius 1 is 1.16 bits per heavy atom. The first-order chi connectivity index (χ1) is 15.0. The molecular weight excluding hydrogens is 390 g/mol. The Morgan fingerprint density at radius 2 is 2.06 bits per heavy atom. The summed E-state index contributed by atoms with van der Waals surface area (Å²) >= 11 is 0. The van der Waals surface area contributed by atoms with E-state index in [1.807, 2.05) is 56.6 Å². The number of rotatable bonds is 4. The summed E-state index contributed by atoms with van der Waals surface area (Å²) in [6, 6.07) is 11.5. The molecule has 0 radical (unpaired) electrons. The zero-order valence-corrected chi connectivity index (χ0v) is 17.5. The van der Waals surface area contributed by atoms with E-state index < -0.39 is 0 Å². The highest BCUT2D eigenvalue weighted by Gasteiger charge is 2.26. The van der Waals surface area contributed by atoms with Gasteiger partial charge in [0.15, 0.2) is 0 Å². The van der Waals surface area contributed by atoms with Crippen molar-refractivity contribution in [1.29, 1.82) is 0 Å². The molecule has 4 aromatic rings. The number of carbonyl (C=O) groups is 1. The molecule has 1 atom stereocenters. The highest BCUT2D eigenvalue weighted by Crippen LogP contribution is 2.21. The van der Waals surface area contributed by atoms with Gasteiger partial charge in [-0.05, 0) is 43.7 Å². The summed E-state index contributed by atoms with van der Waals surface area (Å²) < 4.78 is 1.75. The molecule has 1 aliphatic rings. The number of carbonyl (C=O) groups excluding carboxylic acids is 1. The number of nitrogens with zero attached hydrogens (tertiary/aromatic N) is 6. The van der Waals surface area contributed by atoms with E-state index in [0.717, 1.165) is 40.8 Å². The van der Waals surface area contributed by atoms with Crippen LogP contribution in [-0.2, 0) is 7.05 Å². The number of benzene rings is 1. The molecule has 1 saturated heterocycles. The molecule has 0 bridgehead atoms. The third-order valence-corrected chi connectivity index (χ3v) is 5.54. The van der Waals surface area contributed by atoms with Gasteiger partial charge in [0.2, 0.25) is 5.95 Å². The number of anilines is 1. The smallest absolute Gasteiger partial charge is 0.251 e. The summed E-state index contributed by atoms with van der Waals surface area (Å²) in [6.07, 6.45) is 6.33. The zero-order valence-electron chi connectivity index (χ0n) is 17.5. The van der Waals surface area contributed by atoms with Gasteiger partial charge in [0.05, 0.1) is 17.4 Å². The van der Waals surface area contributed by atoms with E-state index in [9.17, 15) is 4.79 Å². The first-order valence-corrected chi connectivity index (χ1v) is 10.3. The van der Waals surface area contributed by atoms with Crippen molar-refractivity contribution in [1.82, 2.24) is 30.0 Å². The Kier molecular flexibility index (Phi) is 4.82. The molecule has 5 rings (SSSR count). The predicted octanol–water partition coefficient (Wildman–Crippen LogP) is 2.74. The minimum atomic E-state index is -0.0700. The van der Waals surface area contributed by atoms with Crippen LogP contribution < -0.4 is 10.2 Å². The maximum atomic E-state index is 12.8. The van der Waals surface area contributed by atoms with Gasteiger partial charge in [-0.1, -0.05) is 6.07 Å². The van der Waals surface area contributed by atoms with Gasteiger partial charge in [-0.3, -0.25) is 14.5 Å². The van der Waals surface area contributed by atoms with Crippen LogP contribution in [0.1, 0.15) is 22.5 Å². The number of aromatic nitrogens is 5. The number of fused-ring (bicyclic) bond motifs is 1. The lowest BCUT2D eigenvalue weighted by molar-refractivity contribution is 0.0940. The molecule has 1 N–H and O–H groups in total. The number of aryl methyl sites for hydroxylation is 2. The van der Waals surface area contributed by atoms with Gasteiger partial charge in [0.25, 0.3) is 5.91 Å². The SMILES string of the molecule is Cc1ccc2cc(C(=O)NC3CCN(c4nccc(-c5cnn(C)c5)n4)C3)ccc2n1. The summed E-state index contributed by atoms with van der Waals surface area (Å²) in [6.45, 7) is 3.43. The van der Waals surface area contributed by atoms with Crippen LogP contribution >= 0.6 is 0 Å². The van der Waals surface area contributed by atoms with E-state index in [-0.39, 0.29) is 11.9 Å². The third-order valence-electron chi connectivity index (χ3n) is 5.54. The molecule has 8 heteroatoms. The molecule has 1 fully saturated rings. The van der Waals surface area contributed by atoms with E-state index in [1.165, 1.54) is 0 Å². The van der Waals surface area contributed by atoms with Gasteiger partial charge >= 0.3 is 0 Å². The highest BCUT2D eigenvalue weighted by atomic mass is 16.1. The third kappa shape index (κ3) is 3.96. The number of amides is 1. The Bertz CT molecular complexity index is 1270. The van der Waals surface area contributed by atoms with Crippen molar-refractivity contribution in [3.05, 3.63) is 66.2 Å². The van der Waals surface area contributed by atoms with E-state index in [0.29, 0.717) is 18.1 Å². The number of hydrogen-bond acceptors (Lipinski definition) is 6. The maximum absolute atomic E-state index is 12.8. The number of hydrogen-bond donors (Lipinski definition) is 1. The second-order valence-corrected chi connectivity index (χ2v) is 7.91. The molecule has 1 aromatic carbocycles. The van der Waals surface area contributed by atoms with Crippen LogP contribution in [0.2, 0.25) is 0 Å². The summed E-state index contributed by atoms with van der Waals surface area (Å²) in [5.41, 5.74) is 4.30. The van der Waals surface area contributed by atoms with Crippen LogP contribution in [0.25, 0.3) is 22.2 Å². The fourth-order valence-electron chi connectivity index (χ4n) is 3.91. The van der Waals surface area contributed by atoms with Crippen molar-refractivity contribution < 1.29 is 4.79 Å². The molecular formula is C23H23N7O. The quantitative estimate of drug-likeness (QED) is 0.553. The van der Waals surface area contributed by atoms with Crippen LogP contribution in [-0.4, -0.2) is 49.8 Å². The van der Waals surface area contributed by atoms with E-state index in [1.54, 1.807) is 17.1 Å². The van der Waals surface area contributed by atoms with E-state index in [4.69, 9.17) is 4.98 Å². The molecule has 31 heavy (non-hydrogen) atoms. The molecule has 0 spiro atoms. The van der Waals surface area contributed by atoms with Gasteiger partial charge in [0, 0.05) is 60.8 Å². The molecule has 1 aliphatic heterocycles. The number of pyridine rings is 1. The van der Waals surface area contributed by atoms with Crippen molar-refractivity contribution in [3.8, 4) is 11.3 Å². The van der Waals surface area contributed by atoms with Crippen LogP contribution in [0.4, 0.5) is 5.95 Å². The van der Waals surface area contributed by atoms with E-state index >= 15 is 0 Å². The minimum Gasteiger partial charge on any atom is -0.347 e. The fourth-order valence-corrected chi connectivity index (χ4v) is 3.91. The van der Waals surface area contributed by atoms with Crippen molar-refractivity contribution >= 4 is 22.8 Å². The molecule has 156 valence electrons. The Labute approximate surface area is 180 Å². The standard InChI is InChI=1S/C23H23N7O/c1-15-3-4-16-11-17(5-6-20(16)26-15)22(31)27-19-8-10-30(14-19)23-24-9-7-21(28-23)18-12-25-29(2)13-18/h3-7,9,11-13,19H,8,10,14H2,1-2H3,(H,27,31). The van der Waals surface area contributed by atoms with Crippen LogP contribution in [0.3, 0.4) is 0 Å². The normalized spacial score (nSPS) is 16.1. The largest absolute Gasteiger partial charge is 0.347 e. The zero-order chi connectivity index (χ0) is 21.4. The van der Waals surface area contributed by atoms with Crippen LogP contribution in [0, 0.1) is 6.92 Å². The second kappa shape index (κ2) is 7.79. The van der Waals surface area contributed by atoms with Gasteiger partial charge in [0.1, 0.15) is 0 Å². The van der Waals surface area contributed by atoms with Crippen LogP contribution in [0.5, 0.6) is 0 Å². The Balaban J connectivity index is 1.27. The predicted molar refractivity (Wildman–Crippen MR) is 119 cm³/mol. The molecule has 1 amide bonds. The Morgan fingerprint density at radius 3 is 2.90 bits per heavy atom. The lowest BCUT2D eigenvalue weighted by Crippen LogP contribution is -2.37. The van der Waals surface area contributed by atoms with Gasteiger partial charge in [-0.25, -0.2) is 9.97 Å². The summed E-state index contributed by atoms with van der Waals surface area (Å²) in [5.74, 6) is 0.601. The maximum Gasteiger partial charge on any atom is 0.251 e. The van der Waals surface area contributed by atoms with Crippen molar-refractivity contribution in [2.24, 2.45) is 7.05 Å². The summed E-state index contributed by atoms with van der Waals surface area (Å²) in [5, 5.41) is 8.32. The number of nitrogens with one attached hydrogen (secondary N) is 1. The lowest BCUT2D eigenvalue weighted by atomic mass is 10.1. The Hall–Kier alpha value is -3.81. The van der Waals surface area contributed by atoms with Crippen LogP contribution in [0.15, 0.2) is 55.0 Å². The first-order valence-electron chi connectivity index (χ1n) is 10.3. The van der Waals surface area contributed by atoms with Gasteiger partial charge < -0.3 is 10.2 Å². The average Bonchev–Trinajstić information content (AvgIpc) is 3.42. The lowest BCUT2D eigenvalue weighted by Gasteiger charge is -2.17. The van der Waals surface area contributed by atoms with Gasteiger partial charge in [-0.15, -0.1) is 0 Å². The molecule has 1 unspecified atom stereocenters. The molecule has 3 aromatic heterocycles. The molecule has 0 aliphatic carbocycles. The van der Waals surface area contributed by atoms with Gasteiger partial charge in [-0.2, -0.15) is 5.10 Å². The van der Waals surface area contributed by atoms with Crippen molar-refractivity contribution in [2.45, 2.75) is 19.4 Å². The molecule has 8 nitrogen and oxygen atoms in total. The van der Waals surface area contributed by atoms with Crippen molar-refractivity contribution in [2.75, 3.05) is 18.0 Å². The second-order valence-electron chi connectivity index (χ2n) is 7.91. The summed E-state index contributed by atoms with van der Waals surface area (Å²) in [4.78, 5) is 28.5. The minimum absolute atomic E-state index is 0.0463. The molecule has 0 saturated carbocycles. The topological polar surface area (TPSA) is 88.8 Å². The van der Waals surface area contributed by atoms with E-state index in [2.05, 4.69) is 25.3 Å². The monoisotopic (exact) mass is 413 g/mol. The average molecular weight is 413 g/mol. The summed E-state index contributed by atoms with van der Waals surface area (Å²) in [7, 11) is 1.88.